The van der Waals surface area contributed by atoms with Gasteiger partial charge in [0.1, 0.15) is 0 Å². The van der Waals surface area contributed by atoms with Crippen molar-refractivity contribution in [2.45, 2.75) is 44.7 Å². The second kappa shape index (κ2) is 6.64. The number of hydrogen-bond donors (Lipinski definition) is 1. The predicted molar refractivity (Wildman–Crippen MR) is 80.6 cm³/mol. The fourth-order valence-electron chi connectivity index (χ4n) is 2.68. The Labute approximate surface area is 119 Å². The Hall–Kier alpha value is -0.450. The van der Waals surface area contributed by atoms with E-state index in [0.717, 1.165) is 29.4 Å². The molecule has 2 N–H and O–H groups in total. The molecule has 4 heteroatoms. The van der Waals surface area contributed by atoms with Crippen LogP contribution in [-0.4, -0.2) is 35.6 Å². The summed E-state index contributed by atoms with van der Waals surface area (Å²) in [4.78, 5) is 6.67. The molecule has 102 valence electrons. The summed E-state index contributed by atoms with van der Waals surface area (Å²) in [7, 11) is 4.23. The first kappa shape index (κ1) is 15.6. The van der Waals surface area contributed by atoms with E-state index in [-0.39, 0.29) is 11.6 Å². The molecule has 1 rings (SSSR count). The van der Waals surface area contributed by atoms with Crippen molar-refractivity contribution >= 4 is 15.9 Å². The summed E-state index contributed by atoms with van der Waals surface area (Å²) in [5.41, 5.74) is 7.56. The molecule has 1 aromatic rings. The van der Waals surface area contributed by atoms with Crippen LogP contribution in [0.3, 0.4) is 0 Å². The molecule has 0 aliphatic rings. The van der Waals surface area contributed by atoms with Crippen LogP contribution in [0.1, 0.15) is 32.4 Å². The van der Waals surface area contributed by atoms with Gasteiger partial charge in [0.2, 0.25) is 0 Å². The molecule has 0 aromatic carbocycles. The molecule has 1 atom stereocenters. The summed E-state index contributed by atoms with van der Waals surface area (Å²) in [5, 5.41) is 0. The smallest absolute Gasteiger partial charge is 0.0420 e. The van der Waals surface area contributed by atoms with Crippen LogP contribution < -0.4 is 5.73 Å². The largest absolute Gasteiger partial charge is 0.326 e. The van der Waals surface area contributed by atoms with E-state index in [2.05, 4.69) is 53.8 Å². The lowest BCUT2D eigenvalue weighted by Crippen LogP contribution is -2.57. The topological polar surface area (TPSA) is 42.1 Å². The molecule has 1 unspecified atom stereocenters. The number of hydrogen-bond acceptors (Lipinski definition) is 3. The van der Waals surface area contributed by atoms with Crippen molar-refractivity contribution in [2.75, 3.05) is 14.1 Å². The molecular weight excluding hydrogens is 290 g/mol. The number of aromatic nitrogens is 1. The Balaban J connectivity index is 2.85. The molecule has 0 saturated heterocycles. The number of nitrogens with zero attached hydrogens (tertiary/aromatic N) is 2. The minimum absolute atomic E-state index is 0.0504. The highest BCUT2D eigenvalue weighted by Crippen LogP contribution is 2.26. The average molecular weight is 314 g/mol. The van der Waals surface area contributed by atoms with Gasteiger partial charge in [-0.1, -0.05) is 13.8 Å². The summed E-state index contributed by atoms with van der Waals surface area (Å²) < 4.78 is 1.00. The van der Waals surface area contributed by atoms with E-state index < -0.39 is 0 Å². The zero-order valence-electron chi connectivity index (χ0n) is 11.8. The lowest BCUT2D eigenvalue weighted by atomic mass is 9.81. The molecule has 0 aliphatic heterocycles. The van der Waals surface area contributed by atoms with Gasteiger partial charge in [0.25, 0.3) is 0 Å². The SMILES string of the molecule is CCC(CC)(C(N)Cc1ccc(Br)cn1)N(C)C. The Morgan fingerprint density at radius 3 is 2.33 bits per heavy atom. The number of nitrogens with two attached hydrogens (primary N) is 1. The Morgan fingerprint density at radius 1 is 1.33 bits per heavy atom. The second-order valence-corrected chi connectivity index (χ2v) is 5.90. The van der Waals surface area contributed by atoms with Crippen LogP contribution in [-0.2, 0) is 6.42 Å². The van der Waals surface area contributed by atoms with Crippen molar-refractivity contribution in [1.29, 1.82) is 0 Å². The third-order valence-electron chi connectivity index (χ3n) is 4.02. The van der Waals surface area contributed by atoms with E-state index in [4.69, 9.17) is 5.73 Å². The lowest BCUT2D eigenvalue weighted by Gasteiger charge is -2.43. The summed E-state index contributed by atoms with van der Waals surface area (Å²) in [6.45, 7) is 4.41. The van der Waals surface area contributed by atoms with E-state index in [1.165, 1.54) is 0 Å². The zero-order valence-corrected chi connectivity index (χ0v) is 13.4. The molecule has 18 heavy (non-hydrogen) atoms. The molecule has 3 nitrogen and oxygen atoms in total. The zero-order chi connectivity index (χ0) is 13.8. The third-order valence-corrected chi connectivity index (χ3v) is 4.49. The highest BCUT2D eigenvalue weighted by molar-refractivity contribution is 9.10. The first-order valence-corrected chi connectivity index (χ1v) is 7.29. The normalized spacial score (nSPS) is 13.9. The molecule has 0 saturated carbocycles. The van der Waals surface area contributed by atoms with Gasteiger partial charge in [0, 0.05) is 34.4 Å². The van der Waals surface area contributed by atoms with Gasteiger partial charge in [0.15, 0.2) is 0 Å². The van der Waals surface area contributed by atoms with Gasteiger partial charge in [-0.15, -0.1) is 0 Å². The van der Waals surface area contributed by atoms with E-state index in [0.29, 0.717) is 0 Å². The van der Waals surface area contributed by atoms with Crippen molar-refractivity contribution < 1.29 is 0 Å². The summed E-state index contributed by atoms with van der Waals surface area (Å²) in [6.07, 6.45) is 4.74. The van der Waals surface area contributed by atoms with Gasteiger partial charge in [-0.25, -0.2) is 0 Å². The molecule has 0 radical (unpaired) electrons. The lowest BCUT2D eigenvalue weighted by molar-refractivity contribution is 0.105. The molecule has 0 aliphatic carbocycles. The highest BCUT2D eigenvalue weighted by Gasteiger charge is 2.35. The summed E-state index contributed by atoms with van der Waals surface area (Å²) in [5.74, 6) is 0. The van der Waals surface area contributed by atoms with Crippen LogP contribution in [0.5, 0.6) is 0 Å². The van der Waals surface area contributed by atoms with E-state index >= 15 is 0 Å². The number of halogens is 1. The first-order valence-electron chi connectivity index (χ1n) is 6.49. The molecular formula is C14H24BrN3. The maximum absolute atomic E-state index is 6.45. The van der Waals surface area contributed by atoms with Crippen molar-refractivity contribution in [1.82, 2.24) is 9.88 Å². The Bertz CT molecular complexity index is 358. The van der Waals surface area contributed by atoms with E-state index in [1.807, 2.05) is 18.3 Å². The fraction of sp³-hybridized carbons (Fsp3) is 0.643. The number of rotatable bonds is 6. The molecule has 0 fully saturated rings. The van der Waals surface area contributed by atoms with Gasteiger partial charge >= 0.3 is 0 Å². The Kier molecular flexibility index (Phi) is 5.76. The maximum atomic E-state index is 6.45. The predicted octanol–water partition coefficient (Wildman–Crippen LogP) is 2.83. The maximum Gasteiger partial charge on any atom is 0.0420 e. The molecule has 0 spiro atoms. The van der Waals surface area contributed by atoms with Gasteiger partial charge in [-0.3, -0.25) is 4.98 Å². The molecule has 0 amide bonds. The average Bonchev–Trinajstić information content (AvgIpc) is 2.34. The number of pyridine rings is 1. The highest BCUT2D eigenvalue weighted by atomic mass is 79.9. The van der Waals surface area contributed by atoms with Crippen molar-refractivity contribution in [3.05, 3.63) is 28.5 Å². The fourth-order valence-corrected chi connectivity index (χ4v) is 2.92. The van der Waals surface area contributed by atoms with Crippen LogP contribution >= 0.6 is 15.9 Å². The standard InChI is InChI=1S/C14H24BrN3/c1-5-14(6-2,18(3)4)13(16)9-12-8-7-11(15)10-17-12/h7-8,10,13H,5-6,9,16H2,1-4H3. The van der Waals surface area contributed by atoms with Crippen LogP contribution in [0.2, 0.25) is 0 Å². The van der Waals surface area contributed by atoms with Crippen LogP contribution in [0.25, 0.3) is 0 Å². The third kappa shape index (κ3) is 3.31. The minimum atomic E-state index is 0.0504. The number of likely N-dealkylation sites (N-methyl/N-ethyl adjacent to an activating group) is 1. The van der Waals surface area contributed by atoms with Crippen LogP contribution in [0, 0.1) is 0 Å². The van der Waals surface area contributed by atoms with Crippen molar-refractivity contribution in [3.8, 4) is 0 Å². The second-order valence-electron chi connectivity index (χ2n) is 4.98. The van der Waals surface area contributed by atoms with Gasteiger partial charge in [-0.2, -0.15) is 0 Å². The quantitative estimate of drug-likeness (QED) is 0.878. The monoisotopic (exact) mass is 313 g/mol. The summed E-state index contributed by atoms with van der Waals surface area (Å²) in [6, 6.07) is 4.15. The molecule has 1 aromatic heterocycles. The van der Waals surface area contributed by atoms with Crippen LogP contribution in [0.4, 0.5) is 0 Å². The Morgan fingerprint density at radius 2 is 1.94 bits per heavy atom. The van der Waals surface area contributed by atoms with Crippen molar-refractivity contribution in [2.24, 2.45) is 5.73 Å². The molecule has 1 heterocycles. The van der Waals surface area contributed by atoms with E-state index in [9.17, 15) is 0 Å². The van der Waals surface area contributed by atoms with Gasteiger partial charge in [-0.05, 0) is 55.0 Å². The minimum Gasteiger partial charge on any atom is -0.326 e. The molecule has 0 bridgehead atoms. The van der Waals surface area contributed by atoms with Crippen LogP contribution in [0.15, 0.2) is 22.8 Å². The first-order chi connectivity index (χ1) is 8.46. The van der Waals surface area contributed by atoms with Crippen molar-refractivity contribution in [3.63, 3.8) is 0 Å². The van der Waals surface area contributed by atoms with Gasteiger partial charge < -0.3 is 10.6 Å². The van der Waals surface area contributed by atoms with E-state index in [1.54, 1.807) is 0 Å². The summed E-state index contributed by atoms with van der Waals surface area (Å²) >= 11 is 3.40. The van der Waals surface area contributed by atoms with Gasteiger partial charge in [0.05, 0.1) is 0 Å².